The molecule has 0 unspecified atom stereocenters. The molecule has 0 spiro atoms. The van der Waals surface area contributed by atoms with Crippen LogP contribution >= 0.6 is 11.8 Å². The molecular formula is C9H19NO2S. The zero-order valence-corrected chi connectivity index (χ0v) is 9.45. The van der Waals surface area contributed by atoms with Crippen LogP contribution < -0.4 is 5.32 Å². The van der Waals surface area contributed by atoms with Crippen LogP contribution in [0.15, 0.2) is 0 Å². The van der Waals surface area contributed by atoms with Gasteiger partial charge >= 0.3 is 0 Å². The summed E-state index contributed by atoms with van der Waals surface area (Å²) in [5.74, 6) is 2.06. The molecule has 0 bridgehead atoms. The van der Waals surface area contributed by atoms with E-state index >= 15 is 0 Å². The Morgan fingerprint density at radius 2 is 2.23 bits per heavy atom. The van der Waals surface area contributed by atoms with Crippen molar-refractivity contribution in [2.24, 2.45) is 5.92 Å². The quantitative estimate of drug-likeness (QED) is 0.633. The zero-order valence-electron chi connectivity index (χ0n) is 8.63. The summed E-state index contributed by atoms with van der Waals surface area (Å²) in [5, 5.41) is 2.86. The molecule has 0 aliphatic heterocycles. The molecule has 0 atom stereocenters. The normalized spacial score (nSPS) is 10.5. The van der Waals surface area contributed by atoms with Gasteiger partial charge < -0.3 is 10.1 Å². The number of nitrogens with one attached hydrogen (secondary N) is 1. The van der Waals surface area contributed by atoms with Gasteiger partial charge in [0, 0.05) is 19.4 Å². The molecule has 0 aromatic carbocycles. The third-order valence-electron chi connectivity index (χ3n) is 1.37. The lowest BCUT2D eigenvalue weighted by molar-refractivity contribution is -0.118. The third-order valence-corrected chi connectivity index (χ3v) is 2.29. The minimum absolute atomic E-state index is 0.120. The Bertz CT molecular complexity index is 140. The predicted molar refractivity (Wildman–Crippen MR) is 57.0 cm³/mol. The number of hydrogen-bond acceptors (Lipinski definition) is 3. The summed E-state index contributed by atoms with van der Waals surface area (Å²) in [4.78, 5) is 11.1. The van der Waals surface area contributed by atoms with E-state index in [1.807, 2.05) is 0 Å². The first-order valence-electron chi connectivity index (χ1n) is 4.50. The standard InChI is InChI=1S/C9H19NO2S/c1-8(2)6-10-9(11)7-13-5-4-12-3/h8H,4-7H2,1-3H3,(H,10,11). The van der Waals surface area contributed by atoms with Crippen molar-refractivity contribution >= 4 is 17.7 Å². The molecular weight excluding hydrogens is 186 g/mol. The first-order chi connectivity index (χ1) is 6.16. The van der Waals surface area contributed by atoms with Gasteiger partial charge in [-0.3, -0.25) is 4.79 Å². The number of carbonyl (C=O) groups excluding carboxylic acids is 1. The largest absolute Gasteiger partial charge is 0.384 e. The van der Waals surface area contributed by atoms with Crippen LogP contribution in [0.5, 0.6) is 0 Å². The second-order valence-corrected chi connectivity index (χ2v) is 4.35. The number of carbonyl (C=O) groups is 1. The molecule has 0 saturated carbocycles. The number of rotatable bonds is 7. The van der Waals surface area contributed by atoms with E-state index in [9.17, 15) is 4.79 Å². The molecule has 1 amide bonds. The van der Waals surface area contributed by atoms with Crippen LogP contribution in [-0.2, 0) is 9.53 Å². The lowest BCUT2D eigenvalue weighted by Gasteiger charge is -2.06. The molecule has 0 saturated heterocycles. The summed E-state index contributed by atoms with van der Waals surface area (Å²) in [6, 6.07) is 0. The number of thioether (sulfide) groups is 1. The highest BCUT2D eigenvalue weighted by Crippen LogP contribution is 1.98. The van der Waals surface area contributed by atoms with Crippen LogP contribution in [0.2, 0.25) is 0 Å². The minimum atomic E-state index is 0.120. The fourth-order valence-electron chi connectivity index (χ4n) is 0.676. The summed E-state index contributed by atoms with van der Waals surface area (Å²) in [6.07, 6.45) is 0. The van der Waals surface area contributed by atoms with Crippen LogP contribution in [-0.4, -0.2) is 37.7 Å². The van der Waals surface area contributed by atoms with E-state index in [4.69, 9.17) is 4.74 Å². The highest BCUT2D eigenvalue weighted by atomic mass is 32.2. The smallest absolute Gasteiger partial charge is 0.230 e. The van der Waals surface area contributed by atoms with Crippen LogP contribution in [0.1, 0.15) is 13.8 Å². The number of methoxy groups -OCH3 is 1. The predicted octanol–water partition coefficient (Wildman–Crippen LogP) is 1.14. The van der Waals surface area contributed by atoms with Gasteiger partial charge in [0.2, 0.25) is 5.91 Å². The van der Waals surface area contributed by atoms with Crippen molar-refractivity contribution in [1.29, 1.82) is 0 Å². The maximum absolute atomic E-state index is 11.1. The summed E-state index contributed by atoms with van der Waals surface area (Å²) < 4.78 is 4.87. The highest BCUT2D eigenvalue weighted by Gasteiger charge is 2.01. The molecule has 3 nitrogen and oxygen atoms in total. The van der Waals surface area contributed by atoms with Crippen LogP contribution in [0.25, 0.3) is 0 Å². The van der Waals surface area contributed by atoms with Gasteiger partial charge in [-0.25, -0.2) is 0 Å². The molecule has 0 aromatic rings. The van der Waals surface area contributed by atoms with E-state index in [2.05, 4.69) is 19.2 Å². The molecule has 0 rings (SSSR count). The molecule has 0 aliphatic rings. The minimum Gasteiger partial charge on any atom is -0.384 e. The average Bonchev–Trinajstić information content (AvgIpc) is 2.09. The van der Waals surface area contributed by atoms with Crippen LogP contribution in [0.4, 0.5) is 0 Å². The maximum atomic E-state index is 11.1. The average molecular weight is 205 g/mol. The first-order valence-corrected chi connectivity index (χ1v) is 5.65. The Morgan fingerprint density at radius 3 is 2.77 bits per heavy atom. The summed E-state index contributed by atoms with van der Waals surface area (Å²) in [7, 11) is 1.67. The Morgan fingerprint density at radius 1 is 1.54 bits per heavy atom. The van der Waals surface area contributed by atoms with Crippen LogP contribution in [0.3, 0.4) is 0 Å². The molecule has 1 N–H and O–H groups in total. The molecule has 0 aromatic heterocycles. The summed E-state index contributed by atoms with van der Waals surface area (Å²) >= 11 is 1.60. The second-order valence-electron chi connectivity index (χ2n) is 3.24. The van der Waals surface area contributed by atoms with Crippen molar-refractivity contribution in [3.63, 3.8) is 0 Å². The summed E-state index contributed by atoms with van der Waals surface area (Å²) in [5.41, 5.74) is 0. The van der Waals surface area contributed by atoms with Gasteiger partial charge in [-0.2, -0.15) is 0 Å². The molecule has 4 heteroatoms. The maximum Gasteiger partial charge on any atom is 0.230 e. The zero-order chi connectivity index (χ0) is 10.1. The van der Waals surface area contributed by atoms with E-state index in [0.717, 1.165) is 12.3 Å². The van der Waals surface area contributed by atoms with Crippen molar-refractivity contribution in [3.8, 4) is 0 Å². The third kappa shape index (κ3) is 9.70. The van der Waals surface area contributed by atoms with Crippen molar-refractivity contribution in [3.05, 3.63) is 0 Å². The first kappa shape index (κ1) is 12.8. The van der Waals surface area contributed by atoms with E-state index in [1.54, 1.807) is 18.9 Å². The topological polar surface area (TPSA) is 38.3 Å². The van der Waals surface area contributed by atoms with Gasteiger partial charge in [0.25, 0.3) is 0 Å². The van der Waals surface area contributed by atoms with E-state index in [0.29, 0.717) is 18.3 Å². The van der Waals surface area contributed by atoms with Gasteiger partial charge in [0.05, 0.1) is 12.4 Å². The molecule has 0 heterocycles. The fraction of sp³-hybridized carbons (Fsp3) is 0.889. The molecule has 0 radical (unpaired) electrons. The Hall–Kier alpha value is -0.220. The van der Waals surface area contributed by atoms with Gasteiger partial charge in [0.15, 0.2) is 0 Å². The van der Waals surface area contributed by atoms with E-state index in [1.165, 1.54) is 0 Å². The van der Waals surface area contributed by atoms with Crippen molar-refractivity contribution in [2.75, 3.05) is 31.8 Å². The van der Waals surface area contributed by atoms with Crippen molar-refractivity contribution < 1.29 is 9.53 Å². The molecule has 0 fully saturated rings. The second kappa shape index (κ2) is 8.38. The van der Waals surface area contributed by atoms with Crippen LogP contribution in [0, 0.1) is 5.92 Å². The lowest BCUT2D eigenvalue weighted by atomic mass is 10.2. The number of ether oxygens (including phenoxy) is 1. The Labute approximate surface area is 84.6 Å². The molecule has 0 aliphatic carbocycles. The number of hydrogen-bond donors (Lipinski definition) is 1. The summed E-state index contributed by atoms with van der Waals surface area (Å²) in [6.45, 7) is 5.64. The monoisotopic (exact) mass is 205 g/mol. The Kier molecular flexibility index (Phi) is 8.24. The number of amides is 1. The van der Waals surface area contributed by atoms with E-state index in [-0.39, 0.29) is 5.91 Å². The van der Waals surface area contributed by atoms with Gasteiger partial charge in [-0.1, -0.05) is 13.8 Å². The fourth-order valence-corrected chi connectivity index (χ4v) is 1.39. The van der Waals surface area contributed by atoms with Crippen molar-refractivity contribution in [1.82, 2.24) is 5.32 Å². The Balaban J connectivity index is 3.20. The van der Waals surface area contributed by atoms with E-state index < -0.39 is 0 Å². The van der Waals surface area contributed by atoms with Gasteiger partial charge in [0.1, 0.15) is 0 Å². The molecule has 78 valence electrons. The van der Waals surface area contributed by atoms with Crippen molar-refractivity contribution in [2.45, 2.75) is 13.8 Å². The lowest BCUT2D eigenvalue weighted by Crippen LogP contribution is -2.28. The highest BCUT2D eigenvalue weighted by molar-refractivity contribution is 7.99. The SMILES string of the molecule is COCCSCC(=O)NCC(C)C. The van der Waals surface area contributed by atoms with Gasteiger partial charge in [-0.15, -0.1) is 11.8 Å². The molecule has 13 heavy (non-hydrogen) atoms. The van der Waals surface area contributed by atoms with Gasteiger partial charge in [-0.05, 0) is 5.92 Å².